The molecule has 0 saturated carbocycles. The van der Waals surface area contributed by atoms with E-state index in [2.05, 4.69) is 46.7 Å². The largest absolute Gasteiger partial charge is 0.309 e. The van der Waals surface area contributed by atoms with E-state index in [0.29, 0.717) is 5.04 Å². The molecule has 0 aromatic heterocycles. The number of nitrogens with zero attached hydrogens (tertiary/aromatic N) is 1. The van der Waals surface area contributed by atoms with E-state index in [9.17, 15) is 0 Å². The van der Waals surface area contributed by atoms with Crippen LogP contribution in [0.15, 0.2) is 0 Å². The molecule has 2 heteroatoms. The highest BCUT2D eigenvalue weighted by Crippen LogP contribution is 2.25. The zero-order chi connectivity index (χ0) is 9.07. The molecule has 0 aromatic carbocycles. The van der Waals surface area contributed by atoms with Crippen LogP contribution in [0.3, 0.4) is 0 Å². The lowest BCUT2D eigenvalue weighted by molar-refractivity contribution is 0.405. The Hall–Kier alpha value is 0.177. The maximum absolute atomic E-state index is 2.39. The average molecular weight is 173 g/mol. The van der Waals surface area contributed by atoms with Crippen LogP contribution in [0.25, 0.3) is 0 Å². The molecule has 0 aliphatic heterocycles. The molecular formula is C9H23NSi. The van der Waals surface area contributed by atoms with Gasteiger partial charge in [-0.15, -0.1) is 0 Å². The summed E-state index contributed by atoms with van der Waals surface area (Å²) in [6, 6.07) is 0. The van der Waals surface area contributed by atoms with Crippen LogP contribution in [0.1, 0.15) is 27.7 Å². The van der Waals surface area contributed by atoms with Crippen molar-refractivity contribution in [3.05, 3.63) is 0 Å². The van der Waals surface area contributed by atoms with Gasteiger partial charge in [0.15, 0.2) is 0 Å². The number of hydrogen-bond acceptors (Lipinski definition) is 1. The minimum Gasteiger partial charge on any atom is -0.309 e. The summed E-state index contributed by atoms with van der Waals surface area (Å²) in [5.74, 6) is 0. The van der Waals surface area contributed by atoms with Gasteiger partial charge in [0.1, 0.15) is 0 Å². The normalized spacial score (nSPS) is 16.6. The molecule has 0 fully saturated rings. The first-order valence-electron chi connectivity index (χ1n) is 4.46. The predicted molar refractivity (Wildman–Crippen MR) is 56.2 cm³/mol. The SMILES string of the molecule is CC(CN(C)C)[SiH2]C(C)(C)C. The van der Waals surface area contributed by atoms with Crippen molar-refractivity contribution >= 4 is 9.52 Å². The van der Waals surface area contributed by atoms with Crippen LogP contribution < -0.4 is 0 Å². The van der Waals surface area contributed by atoms with E-state index in [1.165, 1.54) is 6.54 Å². The van der Waals surface area contributed by atoms with Gasteiger partial charge in [0.05, 0.1) is 0 Å². The van der Waals surface area contributed by atoms with Crippen LogP contribution in [0, 0.1) is 0 Å². The predicted octanol–water partition coefficient (Wildman–Crippen LogP) is 1.74. The maximum Gasteiger partial charge on any atom is 0.0305 e. The summed E-state index contributed by atoms with van der Waals surface area (Å²) in [6.45, 7) is 10.8. The Balaban J connectivity index is 3.61. The molecule has 0 aliphatic rings. The second-order valence-electron chi connectivity index (χ2n) is 5.13. The van der Waals surface area contributed by atoms with Crippen LogP contribution >= 0.6 is 0 Å². The molecule has 1 atom stereocenters. The molecule has 11 heavy (non-hydrogen) atoms. The van der Waals surface area contributed by atoms with Gasteiger partial charge in [0.2, 0.25) is 0 Å². The van der Waals surface area contributed by atoms with E-state index < -0.39 is 0 Å². The molecule has 0 aromatic rings. The van der Waals surface area contributed by atoms with Gasteiger partial charge in [-0.3, -0.25) is 0 Å². The Labute approximate surface area is 74.0 Å². The van der Waals surface area contributed by atoms with Gasteiger partial charge in [-0.05, 0) is 31.2 Å². The second-order valence-corrected chi connectivity index (χ2v) is 9.06. The molecular weight excluding hydrogens is 150 g/mol. The Morgan fingerprint density at radius 1 is 1.27 bits per heavy atom. The third-order valence-corrected chi connectivity index (χ3v) is 3.82. The van der Waals surface area contributed by atoms with Crippen molar-refractivity contribution in [3.8, 4) is 0 Å². The van der Waals surface area contributed by atoms with Crippen LogP contribution in [0.5, 0.6) is 0 Å². The highest BCUT2D eigenvalue weighted by molar-refractivity contribution is 6.41. The smallest absolute Gasteiger partial charge is 0.0305 e. The fourth-order valence-electron chi connectivity index (χ4n) is 1.73. The molecule has 0 bridgehead atoms. The van der Waals surface area contributed by atoms with E-state index in [0.717, 1.165) is 5.54 Å². The Bertz CT molecular complexity index is 105. The summed E-state index contributed by atoms with van der Waals surface area (Å²) in [7, 11) is 4.41. The standard InChI is InChI=1S/C9H23NSi/c1-8(7-10(5)6)11-9(2,3)4/h8H,7,11H2,1-6H3. The molecule has 1 nitrogen and oxygen atoms in total. The minimum absolute atomic E-state index is 0.0896. The van der Waals surface area contributed by atoms with Gasteiger partial charge in [-0.1, -0.05) is 27.7 Å². The van der Waals surface area contributed by atoms with Crippen molar-refractivity contribution < 1.29 is 0 Å². The van der Waals surface area contributed by atoms with Gasteiger partial charge >= 0.3 is 0 Å². The molecule has 0 radical (unpaired) electrons. The average Bonchev–Trinajstić information content (AvgIpc) is 1.53. The van der Waals surface area contributed by atoms with Crippen LogP contribution in [-0.2, 0) is 0 Å². The first-order valence-corrected chi connectivity index (χ1v) is 5.98. The molecule has 68 valence electrons. The molecule has 0 saturated heterocycles. The first kappa shape index (κ1) is 11.2. The zero-order valence-electron chi connectivity index (χ0n) is 8.94. The van der Waals surface area contributed by atoms with Gasteiger partial charge in [0, 0.05) is 9.52 Å². The summed E-state index contributed by atoms with van der Waals surface area (Å²) in [4.78, 5) is 2.30. The van der Waals surface area contributed by atoms with Crippen molar-refractivity contribution in [2.45, 2.75) is 38.3 Å². The van der Waals surface area contributed by atoms with Gasteiger partial charge in [0.25, 0.3) is 0 Å². The van der Waals surface area contributed by atoms with Crippen molar-refractivity contribution in [1.29, 1.82) is 0 Å². The van der Waals surface area contributed by atoms with Crippen molar-refractivity contribution in [2.75, 3.05) is 20.6 Å². The van der Waals surface area contributed by atoms with Gasteiger partial charge in [-0.2, -0.15) is 0 Å². The summed E-state index contributed by atoms with van der Waals surface area (Å²) in [6.07, 6.45) is 0. The molecule has 0 spiro atoms. The van der Waals surface area contributed by atoms with E-state index in [-0.39, 0.29) is 9.52 Å². The highest BCUT2D eigenvalue weighted by Gasteiger charge is 2.16. The maximum atomic E-state index is 2.39. The highest BCUT2D eigenvalue weighted by atomic mass is 28.2. The summed E-state index contributed by atoms with van der Waals surface area (Å²) in [5, 5.41) is 0.620. The van der Waals surface area contributed by atoms with E-state index in [1.807, 2.05) is 0 Å². The van der Waals surface area contributed by atoms with Crippen molar-refractivity contribution in [1.82, 2.24) is 4.90 Å². The molecule has 0 amide bonds. The Morgan fingerprint density at radius 2 is 1.73 bits per heavy atom. The summed E-state index contributed by atoms with van der Waals surface area (Å²) >= 11 is 0. The van der Waals surface area contributed by atoms with E-state index >= 15 is 0 Å². The fraction of sp³-hybridized carbons (Fsp3) is 1.00. The summed E-state index contributed by atoms with van der Waals surface area (Å²) in [5.41, 5.74) is 0.949. The van der Waals surface area contributed by atoms with E-state index in [1.54, 1.807) is 0 Å². The van der Waals surface area contributed by atoms with Crippen LogP contribution in [0.4, 0.5) is 0 Å². The second kappa shape index (κ2) is 4.26. The van der Waals surface area contributed by atoms with E-state index in [4.69, 9.17) is 0 Å². The lowest BCUT2D eigenvalue weighted by Gasteiger charge is -2.24. The third kappa shape index (κ3) is 8.08. The lowest BCUT2D eigenvalue weighted by atomic mass is 10.2. The van der Waals surface area contributed by atoms with Crippen molar-refractivity contribution in [2.24, 2.45) is 0 Å². The molecule has 1 unspecified atom stereocenters. The number of rotatable bonds is 3. The number of hydrogen-bond donors (Lipinski definition) is 0. The first-order chi connectivity index (χ1) is 4.81. The van der Waals surface area contributed by atoms with Crippen molar-refractivity contribution in [3.63, 3.8) is 0 Å². The molecule has 0 N–H and O–H groups in total. The van der Waals surface area contributed by atoms with Gasteiger partial charge in [-0.25, -0.2) is 0 Å². The third-order valence-electron chi connectivity index (χ3n) is 1.64. The molecule has 0 heterocycles. The quantitative estimate of drug-likeness (QED) is 0.588. The summed E-state index contributed by atoms with van der Waals surface area (Å²) < 4.78 is 0. The minimum atomic E-state index is 0.0896. The lowest BCUT2D eigenvalue weighted by Crippen LogP contribution is -2.23. The monoisotopic (exact) mass is 173 g/mol. The van der Waals surface area contributed by atoms with Crippen LogP contribution in [-0.4, -0.2) is 35.1 Å². The topological polar surface area (TPSA) is 3.24 Å². The molecule has 0 rings (SSSR count). The molecule has 0 aliphatic carbocycles. The van der Waals surface area contributed by atoms with Crippen LogP contribution in [0.2, 0.25) is 10.6 Å². The Morgan fingerprint density at radius 3 is 2.00 bits per heavy atom. The Kier molecular flexibility index (Phi) is 4.33. The fourth-order valence-corrected chi connectivity index (χ4v) is 4.47. The zero-order valence-corrected chi connectivity index (χ0v) is 10.4. The van der Waals surface area contributed by atoms with Gasteiger partial charge < -0.3 is 4.90 Å².